The molecule has 3 aromatic carbocycles. The lowest BCUT2D eigenvalue weighted by molar-refractivity contribution is 0.0697. The van der Waals surface area contributed by atoms with Gasteiger partial charge in [-0.2, -0.15) is 0 Å². The summed E-state index contributed by atoms with van der Waals surface area (Å²) in [5.41, 5.74) is 1.77. The third-order valence-electron chi connectivity index (χ3n) is 3.93. The van der Waals surface area contributed by atoms with Crippen LogP contribution in [0.1, 0.15) is 10.4 Å². The van der Waals surface area contributed by atoms with Gasteiger partial charge in [0.05, 0.1) is 17.6 Å². The minimum Gasteiger partial charge on any atom is -0.497 e. The number of carboxylic acids is 1. The zero-order valence-electron chi connectivity index (χ0n) is 14.4. The van der Waals surface area contributed by atoms with Crippen LogP contribution in [0.3, 0.4) is 0 Å². The van der Waals surface area contributed by atoms with Gasteiger partial charge >= 0.3 is 5.97 Å². The molecule has 0 amide bonds. The molecule has 27 heavy (non-hydrogen) atoms. The van der Waals surface area contributed by atoms with Gasteiger partial charge < -0.3 is 9.84 Å². The average molecular weight is 383 g/mol. The van der Waals surface area contributed by atoms with Crippen LogP contribution in [-0.4, -0.2) is 26.6 Å². The molecule has 0 saturated carbocycles. The molecule has 0 fully saturated rings. The molecule has 138 valence electrons. The molecule has 0 radical (unpaired) electrons. The number of carbonyl (C=O) groups is 1. The SMILES string of the molecule is COc1ccc(-c2cccc(S(=O)(=O)Nc3cccc(C(=O)O)c3)c2)cc1. The first kappa shape index (κ1) is 18.5. The summed E-state index contributed by atoms with van der Waals surface area (Å²) in [7, 11) is -2.29. The van der Waals surface area contributed by atoms with Gasteiger partial charge in [0.1, 0.15) is 5.75 Å². The Morgan fingerprint density at radius 2 is 1.63 bits per heavy atom. The molecule has 0 heterocycles. The van der Waals surface area contributed by atoms with Crippen LogP contribution in [0.5, 0.6) is 5.75 Å². The fraction of sp³-hybridized carbons (Fsp3) is 0.0500. The van der Waals surface area contributed by atoms with Crippen molar-refractivity contribution in [3.05, 3.63) is 78.4 Å². The molecule has 6 nitrogen and oxygen atoms in total. The lowest BCUT2D eigenvalue weighted by atomic mass is 10.1. The fourth-order valence-corrected chi connectivity index (χ4v) is 3.65. The molecular formula is C20H17NO5S. The van der Waals surface area contributed by atoms with Gasteiger partial charge in [-0.3, -0.25) is 4.72 Å². The van der Waals surface area contributed by atoms with Crippen molar-refractivity contribution in [2.45, 2.75) is 4.90 Å². The van der Waals surface area contributed by atoms with Crippen LogP contribution in [0.25, 0.3) is 11.1 Å². The first-order valence-corrected chi connectivity index (χ1v) is 9.48. The van der Waals surface area contributed by atoms with Crippen molar-refractivity contribution in [2.75, 3.05) is 11.8 Å². The van der Waals surface area contributed by atoms with Crippen LogP contribution < -0.4 is 9.46 Å². The van der Waals surface area contributed by atoms with E-state index in [1.165, 1.54) is 30.3 Å². The quantitative estimate of drug-likeness (QED) is 0.674. The van der Waals surface area contributed by atoms with E-state index in [9.17, 15) is 13.2 Å². The number of aromatic carboxylic acids is 1. The summed E-state index contributed by atoms with van der Waals surface area (Å²) in [5.74, 6) is -0.417. The first-order chi connectivity index (χ1) is 12.9. The van der Waals surface area contributed by atoms with Crippen LogP contribution in [0.4, 0.5) is 5.69 Å². The lowest BCUT2D eigenvalue weighted by Gasteiger charge is -2.10. The van der Waals surface area contributed by atoms with Crippen LogP contribution >= 0.6 is 0 Å². The summed E-state index contributed by atoms with van der Waals surface area (Å²) >= 11 is 0. The number of ether oxygens (including phenoxy) is 1. The van der Waals surface area contributed by atoms with Crippen molar-refractivity contribution in [2.24, 2.45) is 0 Å². The Bertz CT molecular complexity index is 1080. The third kappa shape index (κ3) is 4.27. The highest BCUT2D eigenvalue weighted by Gasteiger charge is 2.16. The molecule has 0 atom stereocenters. The van der Waals surface area contributed by atoms with Crippen molar-refractivity contribution in [1.82, 2.24) is 0 Å². The van der Waals surface area contributed by atoms with Crippen LogP contribution in [0.2, 0.25) is 0 Å². The van der Waals surface area contributed by atoms with E-state index in [1.54, 1.807) is 31.4 Å². The van der Waals surface area contributed by atoms with Crippen molar-refractivity contribution in [1.29, 1.82) is 0 Å². The Kier molecular flexibility index (Phi) is 5.14. The van der Waals surface area contributed by atoms with E-state index in [0.29, 0.717) is 5.75 Å². The summed E-state index contributed by atoms with van der Waals surface area (Å²) < 4.78 is 32.9. The predicted octanol–water partition coefficient (Wildman–Crippen LogP) is 3.86. The standard InChI is InChI=1S/C20H17NO5S/c1-26-18-10-8-14(9-11-18)15-4-3-7-19(13-15)27(24,25)21-17-6-2-5-16(12-17)20(22)23/h2-13,21H,1H3,(H,22,23). The van der Waals surface area contributed by atoms with Crippen molar-refractivity contribution >= 4 is 21.7 Å². The molecule has 0 unspecified atom stereocenters. The number of anilines is 1. The molecule has 3 rings (SSSR count). The van der Waals surface area contributed by atoms with Gasteiger partial charge in [-0.25, -0.2) is 13.2 Å². The van der Waals surface area contributed by atoms with Crippen LogP contribution in [0, 0.1) is 0 Å². The molecule has 7 heteroatoms. The van der Waals surface area contributed by atoms with Gasteiger partial charge in [-0.1, -0.05) is 30.3 Å². The highest BCUT2D eigenvalue weighted by atomic mass is 32.2. The van der Waals surface area contributed by atoms with Gasteiger partial charge in [0.2, 0.25) is 0 Å². The number of hydrogen-bond donors (Lipinski definition) is 2. The number of methoxy groups -OCH3 is 1. The molecule has 0 saturated heterocycles. The largest absolute Gasteiger partial charge is 0.497 e. The topological polar surface area (TPSA) is 92.7 Å². The molecule has 0 spiro atoms. The third-order valence-corrected chi connectivity index (χ3v) is 5.31. The normalized spacial score (nSPS) is 11.0. The second-order valence-corrected chi connectivity index (χ2v) is 7.43. The molecule has 0 aromatic heterocycles. The zero-order chi connectivity index (χ0) is 19.4. The first-order valence-electron chi connectivity index (χ1n) is 8.00. The van der Waals surface area contributed by atoms with E-state index in [2.05, 4.69) is 4.72 Å². The summed E-state index contributed by atoms with van der Waals surface area (Å²) in [6.07, 6.45) is 0. The number of rotatable bonds is 6. The second kappa shape index (κ2) is 7.51. The Balaban J connectivity index is 1.90. The number of hydrogen-bond acceptors (Lipinski definition) is 4. The predicted molar refractivity (Wildman–Crippen MR) is 103 cm³/mol. The van der Waals surface area contributed by atoms with Crippen LogP contribution in [-0.2, 0) is 10.0 Å². The van der Waals surface area contributed by atoms with Gasteiger partial charge in [0.25, 0.3) is 10.0 Å². The molecule has 0 aliphatic heterocycles. The highest BCUT2D eigenvalue weighted by Crippen LogP contribution is 2.26. The van der Waals surface area contributed by atoms with Gasteiger partial charge in [0, 0.05) is 5.69 Å². The number of nitrogens with one attached hydrogen (secondary N) is 1. The molecule has 0 bridgehead atoms. The van der Waals surface area contributed by atoms with Crippen molar-refractivity contribution in [3.8, 4) is 16.9 Å². The smallest absolute Gasteiger partial charge is 0.335 e. The summed E-state index contributed by atoms with van der Waals surface area (Å²) in [4.78, 5) is 11.1. The molecule has 2 N–H and O–H groups in total. The van der Waals surface area contributed by atoms with E-state index >= 15 is 0 Å². The van der Waals surface area contributed by atoms with Gasteiger partial charge in [-0.05, 0) is 53.6 Å². The number of sulfonamides is 1. The Hall–Kier alpha value is -3.32. The monoisotopic (exact) mass is 383 g/mol. The number of carboxylic acid groups (broad SMARTS) is 1. The Morgan fingerprint density at radius 1 is 0.926 bits per heavy atom. The molecule has 3 aromatic rings. The molecular weight excluding hydrogens is 366 g/mol. The van der Waals surface area contributed by atoms with E-state index in [1.807, 2.05) is 18.2 Å². The van der Waals surface area contributed by atoms with Crippen LogP contribution in [0.15, 0.2) is 77.7 Å². The van der Waals surface area contributed by atoms with E-state index in [0.717, 1.165) is 11.1 Å². The second-order valence-electron chi connectivity index (χ2n) is 5.75. The maximum Gasteiger partial charge on any atom is 0.335 e. The Morgan fingerprint density at radius 3 is 2.30 bits per heavy atom. The maximum atomic E-state index is 12.7. The van der Waals surface area contributed by atoms with Gasteiger partial charge in [0.15, 0.2) is 0 Å². The van der Waals surface area contributed by atoms with E-state index in [4.69, 9.17) is 9.84 Å². The summed E-state index contributed by atoms with van der Waals surface area (Å²) in [6.45, 7) is 0. The van der Waals surface area contributed by atoms with E-state index in [-0.39, 0.29) is 16.1 Å². The fourth-order valence-electron chi connectivity index (χ4n) is 2.56. The minimum absolute atomic E-state index is 0.00202. The number of benzene rings is 3. The van der Waals surface area contributed by atoms with Crippen molar-refractivity contribution < 1.29 is 23.1 Å². The molecule has 0 aliphatic carbocycles. The van der Waals surface area contributed by atoms with Crippen molar-refractivity contribution in [3.63, 3.8) is 0 Å². The average Bonchev–Trinajstić information content (AvgIpc) is 2.68. The Labute approximate surface area is 157 Å². The molecule has 0 aliphatic rings. The van der Waals surface area contributed by atoms with E-state index < -0.39 is 16.0 Å². The highest BCUT2D eigenvalue weighted by molar-refractivity contribution is 7.92. The van der Waals surface area contributed by atoms with Gasteiger partial charge in [-0.15, -0.1) is 0 Å². The minimum atomic E-state index is -3.87. The summed E-state index contributed by atoms with van der Waals surface area (Å²) in [5, 5.41) is 9.04. The zero-order valence-corrected chi connectivity index (χ0v) is 15.2. The lowest BCUT2D eigenvalue weighted by Crippen LogP contribution is -2.13. The summed E-state index contributed by atoms with van der Waals surface area (Å²) in [6, 6.07) is 19.4. The maximum absolute atomic E-state index is 12.7.